The van der Waals surface area contributed by atoms with E-state index in [0.29, 0.717) is 23.2 Å². The molecule has 5 nitrogen and oxygen atoms in total. The van der Waals surface area contributed by atoms with E-state index in [1.165, 1.54) is 12.3 Å². The van der Waals surface area contributed by atoms with E-state index in [0.717, 1.165) is 48.6 Å². The maximum absolute atomic E-state index is 13.1. The van der Waals surface area contributed by atoms with Crippen LogP contribution in [0.15, 0.2) is 18.3 Å². The molecule has 34 heavy (non-hydrogen) atoms. The third-order valence-corrected chi connectivity index (χ3v) is 7.78. The number of fused-ring (bicyclic) bond motifs is 4. The first kappa shape index (κ1) is 23.7. The number of hydrogen-bond donors (Lipinski definition) is 2. The van der Waals surface area contributed by atoms with Crippen LogP contribution >= 0.6 is 0 Å². The van der Waals surface area contributed by atoms with Crippen molar-refractivity contribution < 1.29 is 28.1 Å². The molecule has 0 aromatic carbocycles. The fourth-order valence-electron chi connectivity index (χ4n) is 6.10. The Morgan fingerprint density at radius 3 is 2.32 bits per heavy atom. The minimum atomic E-state index is -4.52. The van der Waals surface area contributed by atoms with E-state index >= 15 is 0 Å². The van der Waals surface area contributed by atoms with Gasteiger partial charge in [0.05, 0.1) is 17.4 Å². The largest absolute Gasteiger partial charge is 0.433 e. The molecule has 3 aliphatic rings. The molecule has 184 valence electrons. The molecule has 5 rings (SSSR count). The SMILES string of the molecule is CC(C)c1nc2c(c3c1C(c1ccc(C(F)(F)F)nc1)OC31CCCC1)C(O)CC(C)(C)[C@H]2O. The summed E-state index contributed by atoms with van der Waals surface area (Å²) in [5, 5.41) is 22.5. The lowest BCUT2D eigenvalue weighted by Crippen LogP contribution is -2.35. The van der Waals surface area contributed by atoms with E-state index in [9.17, 15) is 23.4 Å². The van der Waals surface area contributed by atoms with Gasteiger partial charge in [0.15, 0.2) is 0 Å². The van der Waals surface area contributed by atoms with Gasteiger partial charge >= 0.3 is 6.18 Å². The summed E-state index contributed by atoms with van der Waals surface area (Å²) in [5.41, 5.74) is 2.02. The predicted molar refractivity (Wildman–Crippen MR) is 119 cm³/mol. The number of alkyl halides is 3. The van der Waals surface area contributed by atoms with Gasteiger partial charge in [0, 0.05) is 28.6 Å². The fourth-order valence-corrected chi connectivity index (χ4v) is 6.10. The molecule has 0 saturated heterocycles. The van der Waals surface area contributed by atoms with Gasteiger partial charge in [0.1, 0.15) is 17.9 Å². The molecule has 0 amide bonds. The standard InChI is InChI=1S/C26H31F3N2O3/c1-13(2)20-18-19(17-15(32)11-24(3,4)23(33)21(17)31-20)25(9-5-6-10-25)34-22(18)14-7-8-16(30-12-14)26(27,28)29/h7-8,12-13,15,22-23,32-33H,5-6,9-11H2,1-4H3/t15?,22?,23-/m0/s1. The van der Waals surface area contributed by atoms with E-state index in [-0.39, 0.29) is 5.92 Å². The number of hydrogen-bond acceptors (Lipinski definition) is 5. The molecule has 1 fully saturated rings. The van der Waals surface area contributed by atoms with Gasteiger partial charge in [-0.05, 0) is 42.2 Å². The summed E-state index contributed by atoms with van der Waals surface area (Å²) < 4.78 is 46.1. The number of aliphatic hydroxyl groups excluding tert-OH is 2. The molecule has 2 aromatic heterocycles. The minimum Gasteiger partial charge on any atom is -0.388 e. The average Bonchev–Trinajstić information content (AvgIpc) is 3.36. The molecule has 8 heteroatoms. The smallest absolute Gasteiger partial charge is 0.388 e. The summed E-state index contributed by atoms with van der Waals surface area (Å²) in [6.45, 7) is 7.86. The maximum Gasteiger partial charge on any atom is 0.433 e. The molecule has 2 aromatic rings. The van der Waals surface area contributed by atoms with E-state index in [1.54, 1.807) is 0 Å². The van der Waals surface area contributed by atoms with Crippen molar-refractivity contribution in [3.8, 4) is 0 Å². The number of aromatic nitrogens is 2. The van der Waals surface area contributed by atoms with Crippen molar-refractivity contribution in [2.75, 3.05) is 0 Å². The Balaban J connectivity index is 1.76. The monoisotopic (exact) mass is 476 g/mol. The van der Waals surface area contributed by atoms with Crippen LogP contribution in [0.25, 0.3) is 0 Å². The van der Waals surface area contributed by atoms with Crippen molar-refractivity contribution in [1.29, 1.82) is 0 Å². The Kier molecular flexibility index (Phi) is 5.39. The average molecular weight is 477 g/mol. The molecule has 1 saturated carbocycles. The number of ether oxygens (including phenoxy) is 1. The van der Waals surface area contributed by atoms with Crippen LogP contribution in [0, 0.1) is 5.41 Å². The Labute approximate surface area is 197 Å². The topological polar surface area (TPSA) is 75.5 Å². The first-order valence-electron chi connectivity index (χ1n) is 12.0. The zero-order chi connectivity index (χ0) is 24.6. The van der Waals surface area contributed by atoms with E-state index in [1.807, 2.05) is 27.7 Å². The van der Waals surface area contributed by atoms with Crippen molar-refractivity contribution in [1.82, 2.24) is 9.97 Å². The molecular formula is C26H31F3N2O3. The van der Waals surface area contributed by atoms with Gasteiger partial charge in [-0.1, -0.05) is 46.6 Å². The maximum atomic E-state index is 13.1. The van der Waals surface area contributed by atoms with E-state index in [2.05, 4.69) is 4.98 Å². The summed E-state index contributed by atoms with van der Waals surface area (Å²) >= 11 is 0. The molecule has 2 unspecified atom stereocenters. The number of aliphatic hydroxyl groups is 2. The molecular weight excluding hydrogens is 445 g/mol. The predicted octanol–water partition coefficient (Wildman–Crippen LogP) is 6.00. The van der Waals surface area contributed by atoms with E-state index in [4.69, 9.17) is 9.72 Å². The van der Waals surface area contributed by atoms with Crippen LogP contribution in [0.4, 0.5) is 13.2 Å². The summed E-state index contributed by atoms with van der Waals surface area (Å²) in [6.07, 6.45) is -1.74. The number of halogens is 3. The lowest BCUT2D eigenvalue weighted by atomic mass is 9.69. The fraction of sp³-hybridized carbons (Fsp3) is 0.615. The Morgan fingerprint density at radius 1 is 1.09 bits per heavy atom. The zero-order valence-corrected chi connectivity index (χ0v) is 19.9. The summed E-state index contributed by atoms with van der Waals surface area (Å²) in [6, 6.07) is 2.41. The second-order valence-electron chi connectivity index (χ2n) is 11.0. The molecule has 2 N–H and O–H groups in total. The number of nitrogens with zero attached hydrogens (tertiary/aromatic N) is 2. The lowest BCUT2D eigenvalue weighted by molar-refractivity contribution is -0.141. The van der Waals surface area contributed by atoms with Crippen molar-refractivity contribution in [3.05, 3.63) is 57.7 Å². The van der Waals surface area contributed by atoms with Crippen molar-refractivity contribution in [2.45, 2.75) is 95.8 Å². The molecule has 2 aliphatic carbocycles. The molecule has 0 radical (unpaired) electrons. The molecule has 1 aliphatic heterocycles. The highest BCUT2D eigenvalue weighted by Gasteiger charge is 2.54. The van der Waals surface area contributed by atoms with Crippen molar-refractivity contribution in [3.63, 3.8) is 0 Å². The van der Waals surface area contributed by atoms with Gasteiger partial charge in [-0.15, -0.1) is 0 Å². The van der Waals surface area contributed by atoms with Gasteiger partial charge in [0.2, 0.25) is 0 Å². The zero-order valence-electron chi connectivity index (χ0n) is 19.9. The summed E-state index contributed by atoms with van der Waals surface area (Å²) in [7, 11) is 0. The number of pyridine rings is 2. The van der Waals surface area contributed by atoms with Crippen molar-refractivity contribution in [2.24, 2.45) is 5.41 Å². The van der Waals surface area contributed by atoms with Crippen molar-refractivity contribution >= 4 is 0 Å². The molecule has 0 bridgehead atoms. The van der Waals surface area contributed by atoms with Crippen LogP contribution in [-0.2, 0) is 16.5 Å². The van der Waals surface area contributed by atoms with Crippen LogP contribution in [0.3, 0.4) is 0 Å². The minimum absolute atomic E-state index is 0.0153. The highest BCUT2D eigenvalue weighted by atomic mass is 19.4. The second-order valence-corrected chi connectivity index (χ2v) is 11.0. The first-order valence-corrected chi connectivity index (χ1v) is 12.0. The quantitative estimate of drug-likeness (QED) is 0.556. The molecule has 3 heterocycles. The van der Waals surface area contributed by atoms with Gasteiger partial charge in [-0.3, -0.25) is 9.97 Å². The lowest BCUT2D eigenvalue weighted by Gasteiger charge is -2.41. The van der Waals surface area contributed by atoms with Crippen LogP contribution in [0.1, 0.15) is 123 Å². The molecule has 1 spiro atoms. The van der Waals surface area contributed by atoms with Crippen LogP contribution in [-0.4, -0.2) is 20.2 Å². The first-order chi connectivity index (χ1) is 15.9. The van der Waals surface area contributed by atoms with E-state index < -0.39 is 41.2 Å². The Hall–Kier alpha value is -2.03. The normalized spacial score (nSPS) is 27.3. The Morgan fingerprint density at radius 2 is 1.76 bits per heavy atom. The third-order valence-electron chi connectivity index (χ3n) is 7.78. The number of rotatable bonds is 2. The van der Waals surface area contributed by atoms with Crippen LogP contribution in [0.5, 0.6) is 0 Å². The van der Waals surface area contributed by atoms with Gasteiger partial charge in [-0.2, -0.15) is 13.2 Å². The van der Waals surface area contributed by atoms with Crippen LogP contribution in [0.2, 0.25) is 0 Å². The highest BCUT2D eigenvalue weighted by molar-refractivity contribution is 5.54. The third kappa shape index (κ3) is 3.48. The highest BCUT2D eigenvalue weighted by Crippen LogP contribution is 2.60. The van der Waals surface area contributed by atoms with Gasteiger partial charge < -0.3 is 14.9 Å². The van der Waals surface area contributed by atoms with Gasteiger partial charge in [0.25, 0.3) is 0 Å². The van der Waals surface area contributed by atoms with Gasteiger partial charge in [-0.25, -0.2) is 0 Å². The summed E-state index contributed by atoms with van der Waals surface area (Å²) in [4.78, 5) is 8.58. The van der Waals surface area contributed by atoms with Crippen LogP contribution < -0.4 is 0 Å². The molecule has 3 atom stereocenters. The second kappa shape index (κ2) is 7.73. The Bertz CT molecular complexity index is 1110. The summed E-state index contributed by atoms with van der Waals surface area (Å²) in [5.74, 6) is -0.0153.